The van der Waals surface area contributed by atoms with Crippen molar-refractivity contribution in [3.63, 3.8) is 0 Å². The molecule has 0 saturated carbocycles. The van der Waals surface area contributed by atoms with Gasteiger partial charge in [0.15, 0.2) is 0 Å². The van der Waals surface area contributed by atoms with Crippen LogP contribution >= 0.6 is 11.3 Å². The quantitative estimate of drug-likeness (QED) is 0.859. The smallest absolute Gasteiger partial charge is 0.0388 e. The molecule has 2 rings (SSSR count). The summed E-state index contributed by atoms with van der Waals surface area (Å²) in [6.45, 7) is 13.0. The van der Waals surface area contributed by atoms with Gasteiger partial charge in [0.25, 0.3) is 0 Å². The average Bonchev–Trinajstić information content (AvgIpc) is 2.91. The second-order valence-corrected chi connectivity index (χ2v) is 6.51. The molecule has 2 heterocycles. The van der Waals surface area contributed by atoms with Crippen LogP contribution in [0.4, 0.5) is 0 Å². The van der Waals surface area contributed by atoms with E-state index >= 15 is 0 Å². The third-order valence-electron chi connectivity index (χ3n) is 3.78. The van der Waals surface area contributed by atoms with Gasteiger partial charge in [0.05, 0.1) is 0 Å². The lowest BCUT2D eigenvalue weighted by molar-refractivity contribution is 0.579. The first-order chi connectivity index (χ1) is 9.02. The minimum absolute atomic E-state index is 0.420. The van der Waals surface area contributed by atoms with Crippen LogP contribution in [0.5, 0.6) is 0 Å². The lowest BCUT2D eigenvalue weighted by atomic mass is 10.2. The molecule has 0 aliphatic rings. The van der Waals surface area contributed by atoms with Crippen molar-refractivity contribution in [3.8, 4) is 0 Å². The molecule has 3 heteroatoms. The van der Waals surface area contributed by atoms with Gasteiger partial charge in [-0.2, -0.15) is 0 Å². The summed E-state index contributed by atoms with van der Waals surface area (Å²) < 4.78 is 2.37. The fraction of sp³-hybridized carbons (Fsp3) is 0.500. The van der Waals surface area contributed by atoms with Crippen molar-refractivity contribution >= 4 is 11.3 Å². The normalized spacial score (nSPS) is 12.9. The van der Waals surface area contributed by atoms with E-state index in [1.54, 1.807) is 0 Å². The van der Waals surface area contributed by atoms with Gasteiger partial charge in [-0.25, -0.2) is 0 Å². The molecule has 0 spiro atoms. The van der Waals surface area contributed by atoms with Crippen molar-refractivity contribution in [1.29, 1.82) is 0 Å². The largest absolute Gasteiger partial charge is 0.349 e. The van der Waals surface area contributed by atoms with Gasteiger partial charge in [-0.1, -0.05) is 0 Å². The highest BCUT2D eigenvalue weighted by atomic mass is 32.1. The van der Waals surface area contributed by atoms with E-state index in [0.717, 1.165) is 13.1 Å². The summed E-state index contributed by atoms with van der Waals surface area (Å²) in [5, 5.41) is 3.63. The maximum atomic E-state index is 3.63. The van der Waals surface area contributed by atoms with E-state index in [1.165, 1.54) is 26.7 Å². The van der Waals surface area contributed by atoms with Gasteiger partial charge in [0, 0.05) is 40.3 Å². The molecule has 0 radical (unpaired) electrons. The SMILES string of the molecule is CCn1c(C)cc(CNC(C)c2ccc(C)s2)c1C. The van der Waals surface area contributed by atoms with Crippen LogP contribution in [-0.4, -0.2) is 4.57 Å². The van der Waals surface area contributed by atoms with Gasteiger partial charge in [-0.15, -0.1) is 11.3 Å². The van der Waals surface area contributed by atoms with Crippen LogP contribution in [0.1, 0.15) is 46.6 Å². The Bertz CT molecular complexity index is 551. The summed E-state index contributed by atoms with van der Waals surface area (Å²) in [5.74, 6) is 0. The molecule has 1 unspecified atom stereocenters. The molecule has 1 N–H and O–H groups in total. The van der Waals surface area contributed by atoms with Gasteiger partial charge in [0.1, 0.15) is 0 Å². The van der Waals surface area contributed by atoms with Crippen LogP contribution in [-0.2, 0) is 13.1 Å². The van der Waals surface area contributed by atoms with Crippen molar-refractivity contribution in [2.75, 3.05) is 0 Å². The molecule has 1 atom stereocenters. The van der Waals surface area contributed by atoms with Crippen molar-refractivity contribution in [1.82, 2.24) is 9.88 Å². The first-order valence-electron chi connectivity index (χ1n) is 6.98. The van der Waals surface area contributed by atoms with Gasteiger partial charge in [-0.3, -0.25) is 0 Å². The summed E-state index contributed by atoms with van der Waals surface area (Å²) >= 11 is 1.88. The zero-order valence-electron chi connectivity index (χ0n) is 12.6. The van der Waals surface area contributed by atoms with E-state index in [2.05, 4.69) is 62.7 Å². The van der Waals surface area contributed by atoms with Gasteiger partial charge >= 0.3 is 0 Å². The second-order valence-electron chi connectivity index (χ2n) is 5.19. The topological polar surface area (TPSA) is 17.0 Å². The Kier molecular flexibility index (Phi) is 4.48. The molecule has 2 aromatic rings. The first kappa shape index (κ1) is 14.4. The lowest BCUT2D eigenvalue weighted by Gasteiger charge is -2.12. The number of hydrogen-bond donors (Lipinski definition) is 1. The standard InChI is InChI=1S/C16H24N2S/c1-6-18-11(2)9-15(14(18)5)10-17-13(4)16-8-7-12(3)19-16/h7-9,13,17H,6,10H2,1-5H3. The minimum Gasteiger partial charge on any atom is -0.349 e. The van der Waals surface area contributed by atoms with E-state index < -0.39 is 0 Å². The van der Waals surface area contributed by atoms with Gasteiger partial charge < -0.3 is 9.88 Å². The number of nitrogens with zero attached hydrogens (tertiary/aromatic N) is 1. The highest BCUT2D eigenvalue weighted by Gasteiger charge is 2.11. The number of hydrogen-bond acceptors (Lipinski definition) is 2. The number of aromatic nitrogens is 1. The summed E-state index contributed by atoms with van der Waals surface area (Å²) in [7, 11) is 0. The molecule has 0 bridgehead atoms. The summed E-state index contributed by atoms with van der Waals surface area (Å²) in [6, 6.07) is 7.15. The van der Waals surface area contributed by atoms with E-state index in [-0.39, 0.29) is 0 Å². The van der Waals surface area contributed by atoms with Crippen LogP contribution in [0.15, 0.2) is 18.2 Å². The Morgan fingerprint density at radius 2 is 2.00 bits per heavy atom. The highest BCUT2D eigenvalue weighted by molar-refractivity contribution is 7.12. The van der Waals surface area contributed by atoms with E-state index in [1.807, 2.05) is 11.3 Å². The first-order valence-corrected chi connectivity index (χ1v) is 7.80. The predicted octanol–water partition coefficient (Wildman–Crippen LogP) is 4.35. The zero-order valence-corrected chi connectivity index (χ0v) is 13.4. The van der Waals surface area contributed by atoms with Crippen LogP contribution in [0.25, 0.3) is 0 Å². The molecule has 2 nitrogen and oxygen atoms in total. The lowest BCUT2D eigenvalue weighted by Crippen LogP contribution is -2.17. The fourth-order valence-electron chi connectivity index (χ4n) is 2.59. The van der Waals surface area contributed by atoms with Gasteiger partial charge in [-0.05, 0) is 58.4 Å². The number of aryl methyl sites for hydroxylation is 2. The number of nitrogens with one attached hydrogen (secondary N) is 1. The molecule has 2 aromatic heterocycles. The maximum absolute atomic E-state index is 3.63. The van der Waals surface area contributed by atoms with E-state index in [4.69, 9.17) is 0 Å². The van der Waals surface area contributed by atoms with Crippen LogP contribution in [0.3, 0.4) is 0 Å². The molecular weight excluding hydrogens is 252 g/mol. The molecule has 0 saturated heterocycles. The Balaban J connectivity index is 2.03. The Labute approximate surface area is 120 Å². The average molecular weight is 276 g/mol. The van der Waals surface area contributed by atoms with Crippen LogP contribution in [0.2, 0.25) is 0 Å². The summed E-state index contributed by atoms with van der Waals surface area (Å²) in [5.41, 5.74) is 4.16. The number of rotatable bonds is 5. The summed E-state index contributed by atoms with van der Waals surface area (Å²) in [4.78, 5) is 2.80. The summed E-state index contributed by atoms with van der Waals surface area (Å²) in [6.07, 6.45) is 0. The van der Waals surface area contributed by atoms with Gasteiger partial charge in [0.2, 0.25) is 0 Å². The third kappa shape index (κ3) is 3.10. The highest BCUT2D eigenvalue weighted by Crippen LogP contribution is 2.23. The van der Waals surface area contributed by atoms with E-state index in [0.29, 0.717) is 6.04 Å². The Morgan fingerprint density at radius 1 is 1.26 bits per heavy atom. The van der Waals surface area contributed by atoms with Crippen molar-refractivity contribution in [3.05, 3.63) is 44.9 Å². The predicted molar refractivity (Wildman–Crippen MR) is 83.9 cm³/mol. The Morgan fingerprint density at radius 3 is 2.53 bits per heavy atom. The molecule has 0 aliphatic carbocycles. The molecule has 0 aromatic carbocycles. The van der Waals surface area contributed by atoms with E-state index in [9.17, 15) is 0 Å². The maximum Gasteiger partial charge on any atom is 0.0388 e. The van der Waals surface area contributed by atoms with Crippen LogP contribution < -0.4 is 5.32 Å². The van der Waals surface area contributed by atoms with Crippen molar-refractivity contribution in [2.24, 2.45) is 0 Å². The molecule has 0 fully saturated rings. The number of thiophene rings is 1. The molecule has 19 heavy (non-hydrogen) atoms. The molecule has 104 valence electrons. The molecule has 0 aliphatic heterocycles. The third-order valence-corrected chi connectivity index (χ3v) is 4.96. The zero-order chi connectivity index (χ0) is 14.0. The van der Waals surface area contributed by atoms with Crippen LogP contribution in [0, 0.1) is 20.8 Å². The van der Waals surface area contributed by atoms with Crippen molar-refractivity contribution < 1.29 is 0 Å². The van der Waals surface area contributed by atoms with Crippen molar-refractivity contribution in [2.45, 2.75) is 53.8 Å². The second kappa shape index (κ2) is 5.93. The molecular formula is C16H24N2S. The minimum atomic E-state index is 0.420. The fourth-order valence-corrected chi connectivity index (χ4v) is 3.49. The Hall–Kier alpha value is -1.06. The molecule has 0 amide bonds. The monoisotopic (exact) mass is 276 g/mol.